The third-order valence-corrected chi connectivity index (χ3v) is 3.41. The van der Waals surface area contributed by atoms with Gasteiger partial charge in [0, 0.05) is 12.2 Å². The van der Waals surface area contributed by atoms with Crippen molar-refractivity contribution in [3.05, 3.63) is 29.1 Å². The van der Waals surface area contributed by atoms with Gasteiger partial charge in [-0.2, -0.15) is 0 Å². The lowest BCUT2D eigenvalue weighted by atomic mass is 9.87. The number of nitrogens with zero attached hydrogens (tertiary/aromatic N) is 1. The van der Waals surface area contributed by atoms with Gasteiger partial charge in [0.2, 0.25) is 0 Å². The zero-order chi connectivity index (χ0) is 14.5. The van der Waals surface area contributed by atoms with E-state index in [4.69, 9.17) is 0 Å². The predicted molar refractivity (Wildman–Crippen MR) is 83.4 cm³/mol. The standard InChI is InChI=1S/C17H30N2/c1-7-10-18-15(8-9-17(4,5)6)16-14(3)11-13(2)12-19-16/h11-12,15,18H,7-10H2,1-6H3. The molecule has 0 bridgehead atoms. The molecule has 1 atom stereocenters. The molecule has 1 rings (SSSR count). The SMILES string of the molecule is CCCNC(CCC(C)(C)C)c1ncc(C)cc1C. The Kier molecular flexibility index (Phi) is 5.99. The number of rotatable bonds is 6. The molecule has 1 aromatic heterocycles. The van der Waals surface area contributed by atoms with Gasteiger partial charge in [-0.15, -0.1) is 0 Å². The van der Waals surface area contributed by atoms with Crippen LogP contribution in [0.15, 0.2) is 12.3 Å². The number of aryl methyl sites for hydroxylation is 2. The first-order valence-corrected chi connectivity index (χ1v) is 7.50. The van der Waals surface area contributed by atoms with E-state index in [1.54, 1.807) is 0 Å². The maximum absolute atomic E-state index is 4.67. The van der Waals surface area contributed by atoms with Crippen molar-refractivity contribution >= 4 is 0 Å². The topological polar surface area (TPSA) is 24.9 Å². The minimum Gasteiger partial charge on any atom is -0.309 e. The van der Waals surface area contributed by atoms with Crippen molar-refractivity contribution in [3.63, 3.8) is 0 Å². The number of hydrogen-bond acceptors (Lipinski definition) is 2. The van der Waals surface area contributed by atoms with Crippen molar-refractivity contribution in [2.45, 2.75) is 66.8 Å². The Balaban J connectivity index is 2.83. The van der Waals surface area contributed by atoms with Gasteiger partial charge >= 0.3 is 0 Å². The van der Waals surface area contributed by atoms with E-state index >= 15 is 0 Å². The molecule has 0 aliphatic rings. The fourth-order valence-corrected chi connectivity index (χ4v) is 2.32. The predicted octanol–water partition coefficient (Wildman–Crippen LogP) is 4.57. The van der Waals surface area contributed by atoms with E-state index < -0.39 is 0 Å². The molecule has 19 heavy (non-hydrogen) atoms. The molecular formula is C17H30N2. The molecule has 0 saturated heterocycles. The molecule has 0 spiro atoms. The van der Waals surface area contributed by atoms with Gasteiger partial charge in [0.25, 0.3) is 0 Å². The summed E-state index contributed by atoms with van der Waals surface area (Å²) in [7, 11) is 0. The van der Waals surface area contributed by atoms with E-state index in [-0.39, 0.29) is 0 Å². The molecule has 0 aliphatic carbocycles. The average molecular weight is 262 g/mol. The van der Waals surface area contributed by atoms with Gasteiger partial charge in [-0.3, -0.25) is 4.98 Å². The first-order valence-electron chi connectivity index (χ1n) is 7.50. The van der Waals surface area contributed by atoms with Gasteiger partial charge < -0.3 is 5.32 Å². The summed E-state index contributed by atoms with van der Waals surface area (Å²) in [6.07, 6.45) is 5.51. The molecule has 0 amide bonds. The van der Waals surface area contributed by atoms with Crippen LogP contribution in [0, 0.1) is 19.3 Å². The van der Waals surface area contributed by atoms with Crippen LogP contribution in [0.1, 0.15) is 69.8 Å². The lowest BCUT2D eigenvalue weighted by Crippen LogP contribution is -2.25. The lowest BCUT2D eigenvalue weighted by Gasteiger charge is -2.25. The summed E-state index contributed by atoms with van der Waals surface area (Å²) in [4.78, 5) is 4.67. The maximum atomic E-state index is 4.67. The van der Waals surface area contributed by atoms with E-state index in [1.807, 2.05) is 6.20 Å². The summed E-state index contributed by atoms with van der Waals surface area (Å²) < 4.78 is 0. The van der Waals surface area contributed by atoms with Crippen LogP contribution in [0.4, 0.5) is 0 Å². The van der Waals surface area contributed by atoms with Crippen LogP contribution >= 0.6 is 0 Å². The molecule has 2 nitrogen and oxygen atoms in total. The van der Waals surface area contributed by atoms with Crippen LogP contribution in [0.3, 0.4) is 0 Å². The maximum Gasteiger partial charge on any atom is 0.0602 e. The van der Waals surface area contributed by atoms with Gasteiger partial charge in [-0.1, -0.05) is 33.8 Å². The van der Waals surface area contributed by atoms with Crippen LogP contribution in [-0.4, -0.2) is 11.5 Å². The zero-order valence-corrected chi connectivity index (χ0v) is 13.5. The Bertz CT molecular complexity index is 391. The minimum atomic E-state index is 0.380. The molecule has 1 aromatic rings. The fraction of sp³-hybridized carbons (Fsp3) is 0.706. The molecule has 0 saturated carbocycles. The second kappa shape index (κ2) is 7.04. The monoisotopic (exact) mass is 262 g/mol. The Morgan fingerprint density at radius 1 is 1.26 bits per heavy atom. The summed E-state index contributed by atoms with van der Waals surface area (Å²) >= 11 is 0. The summed E-state index contributed by atoms with van der Waals surface area (Å²) in [6, 6.07) is 2.62. The van der Waals surface area contributed by atoms with Gasteiger partial charge in [-0.25, -0.2) is 0 Å². The normalized spacial score (nSPS) is 13.6. The summed E-state index contributed by atoms with van der Waals surface area (Å²) in [6.45, 7) is 14.5. The highest BCUT2D eigenvalue weighted by Gasteiger charge is 2.18. The lowest BCUT2D eigenvalue weighted by molar-refractivity contribution is 0.329. The first kappa shape index (κ1) is 16.2. The zero-order valence-electron chi connectivity index (χ0n) is 13.5. The Hall–Kier alpha value is -0.890. The van der Waals surface area contributed by atoms with Crippen molar-refractivity contribution in [2.75, 3.05) is 6.54 Å². The molecular weight excluding hydrogens is 232 g/mol. The average Bonchev–Trinajstić information content (AvgIpc) is 2.29. The van der Waals surface area contributed by atoms with Gasteiger partial charge in [-0.05, 0) is 56.2 Å². The highest BCUT2D eigenvalue weighted by atomic mass is 14.9. The van der Waals surface area contributed by atoms with Crippen molar-refractivity contribution < 1.29 is 0 Å². The third kappa shape index (κ3) is 5.73. The minimum absolute atomic E-state index is 0.380. The molecule has 1 heterocycles. The van der Waals surface area contributed by atoms with Crippen molar-refractivity contribution in [2.24, 2.45) is 5.41 Å². The van der Waals surface area contributed by atoms with Crippen LogP contribution < -0.4 is 5.32 Å². The second-order valence-corrected chi connectivity index (χ2v) is 6.82. The molecule has 0 aromatic carbocycles. The first-order chi connectivity index (χ1) is 8.83. The highest BCUT2D eigenvalue weighted by molar-refractivity contribution is 5.25. The number of pyridine rings is 1. The number of aromatic nitrogens is 1. The third-order valence-electron chi connectivity index (χ3n) is 3.41. The van der Waals surface area contributed by atoms with E-state index in [9.17, 15) is 0 Å². The van der Waals surface area contributed by atoms with Crippen LogP contribution in [0.25, 0.3) is 0 Å². The Morgan fingerprint density at radius 3 is 2.47 bits per heavy atom. The van der Waals surface area contributed by atoms with Crippen molar-refractivity contribution in [3.8, 4) is 0 Å². The Labute approximate surface area is 119 Å². The summed E-state index contributed by atoms with van der Waals surface area (Å²) in [5.41, 5.74) is 4.15. The smallest absolute Gasteiger partial charge is 0.0602 e. The molecule has 0 aliphatic heterocycles. The quantitative estimate of drug-likeness (QED) is 0.812. The van der Waals surface area contributed by atoms with Gasteiger partial charge in [0.05, 0.1) is 5.69 Å². The van der Waals surface area contributed by atoms with Crippen molar-refractivity contribution in [1.29, 1.82) is 0 Å². The second-order valence-electron chi connectivity index (χ2n) is 6.82. The number of nitrogens with one attached hydrogen (secondary N) is 1. The van der Waals surface area contributed by atoms with Crippen LogP contribution in [0.2, 0.25) is 0 Å². The molecule has 108 valence electrons. The molecule has 0 radical (unpaired) electrons. The molecule has 1 N–H and O–H groups in total. The largest absolute Gasteiger partial charge is 0.309 e. The van der Waals surface area contributed by atoms with E-state index in [0.29, 0.717) is 11.5 Å². The van der Waals surface area contributed by atoms with Crippen LogP contribution in [-0.2, 0) is 0 Å². The number of hydrogen-bond donors (Lipinski definition) is 1. The fourth-order valence-electron chi connectivity index (χ4n) is 2.32. The molecule has 0 fully saturated rings. The van der Waals surface area contributed by atoms with E-state index in [0.717, 1.165) is 19.4 Å². The van der Waals surface area contributed by atoms with E-state index in [2.05, 4.69) is 57.9 Å². The highest BCUT2D eigenvalue weighted by Crippen LogP contribution is 2.28. The van der Waals surface area contributed by atoms with Crippen LogP contribution in [0.5, 0.6) is 0 Å². The van der Waals surface area contributed by atoms with Gasteiger partial charge in [0.15, 0.2) is 0 Å². The summed E-state index contributed by atoms with van der Waals surface area (Å²) in [5.74, 6) is 0. The summed E-state index contributed by atoms with van der Waals surface area (Å²) in [5, 5.41) is 3.66. The Morgan fingerprint density at radius 2 is 1.95 bits per heavy atom. The van der Waals surface area contributed by atoms with E-state index in [1.165, 1.54) is 23.2 Å². The van der Waals surface area contributed by atoms with Crippen molar-refractivity contribution in [1.82, 2.24) is 10.3 Å². The molecule has 2 heteroatoms. The van der Waals surface area contributed by atoms with Gasteiger partial charge in [0.1, 0.15) is 0 Å². The molecule has 1 unspecified atom stereocenters.